The largest absolute Gasteiger partial charge is 0.504 e. The van der Waals surface area contributed by atoms with Gasteiger partial charge in [-0.3, -0.25) is 9.59 Å². The minimum Gasteiger partial charge on any atom is -0.504 e. The standard InChI is InChI=1S/C68H78N4O7/c1-42-39-69-41-55(73)32-43-17-18-46-19-22-54(34-50(46)29-43)72-64-33-44(25-27-70-64)28-45-30-48-20-23-56(47-12-6-5-7-13-47)58-38-61(75)62(79-2)36-49(58)21-24-60(74)66(77)65(76)59(48)35-51(31-45)57-16-9-4-3-8-14-53-15-10-11-26-68(53,67(57)78)63-37-52(42)40-71-63/h5-7,12-13,17-19,22,25,29,33-34,36-38,40,42,45,48,51,53,55-57,59,66-67,69-73,75,77-78H,3-4,9-11,15-16,21,24,26-28,30-32,35,39,41H2,1-2H3/t42-,45-,48+,51-,53+,55+,56-,57-,59-,66+,67-,68-/m0/s1. The molecular formula is C68H78N4O7. The van der Waals surface area contributed by atoms with Gasteiger partial charge in [0.05, 0.1) is 30.7 Å². The number of anilines is 1. The number of aromatic amines is 1. The van der Waals surface area contributed by atoms with Crippen molar-refractivity contribution in [1.82, 2.24) is 15.6 Å². The summed E-state index contributed by atoms with van der Waals surface area (Å²) in [6, 6.07) is 28.5. The zero-order valence-electron chi connectivity index (χ0n) is 45.9. The molecule has 11 rings (SSSR count). The number of fused-ring (bicyclic) bond motifs is 11. The van der Waals surface area contributed by atoms with E-state index in [1.807, 2.05) is 30.3 Å². The first-order valence-corrected chi connectivity index (χ1v) is 29.3. The van der Waals surface area contributed by atoms with E-state index in [2.05, 4.69) is 112 Å². The second-order valence-electron chi connectivity index (χ2n) is 23.9. The van der Waals surface area contributed by atoms with E-state index in [0.29, 0.717) is 45.3 Å². The number of β-amino-alcohol motifs (C(OH)–C–C–N with tert-alkyl or cyclic N) is 1. The molecule has 2 saturated carbocycles. The number of phenolic OH excluding ortho intramolecular Hbond substituents is 1. The van der Waals surface area contributed by atoms with Crippen LogP contribution in [0.1, 0.15) is 136 Å². The molecule has 12 atom stereocenters. The molecule has 11 nitrogen and oxygen atoms in total. The van der Waals surface area contributed by atoms with Gasteiger partial charge in [-0.1, -0.05) is 105 Å². The number of ketones is 2. The van der Waals surface area contributed by atoms with Gasteiger partial charge >= 0.3 is 0 Å². The van der Waals surface area contributed by atoms with Crippen molar-refractivity contribution in [2.24, 2.45) is 35.5 Å². The molecule has 1 aromatic heterocycles. The minimum absolute atomic E-state index is 0.00956. The number of H-pyrrole nitrogens is 1. The van der Waals surface area contributed by atoms with Crippen LogP contribution in [0.15, 0.2) is 115 Å². The Hall–Kier alpha value is -6.60. The van der Waals surface area contributed by atoms with Gasteiger partial charge in [0.1, 0.15) is 5.82 Å². The van der Waals surface area contributed by atoms with Gasteiger partial charge in [-0.25, -0.2) is 0 Å². The van der Waals surface area contributed by atoms with Crippen molar-refractivity contribution < 1.29 is 34.8 Å². The van der Waals surface area contributed by atoms with E-state index in [4.69, 9.17) is 4.74 Å². The van der Waals surface area contributed by atoms with Crippen LogP contribution in [-0.2, 0) is 27.8 Å². The highest BCUT2D eigenvalue weighted by molar-refractivity contribution is 6.06. The summed E-state index contributed by atoms with van der Waals surface area (Å²) in [5.74, 6) is 12.7. The van der Waals surface area contributed by atoms with Crippen LogP contribution in [0.3, 0.4) is 0 Å². The lowest BCUT2D eigenvalue weighted by Gasteiger charge is -2.49. The Morgan fingerprint density at radius 2 is 1.65 bits per heavy atom. The number of allylic oxidation sites excluding steroid dienone is 2. The second-order valence-corrected chi connectivity index (χ2v) is 23.9. The molecule has 79 heavy (non-hydrogen) atoms. The highest BCUT2D eigenvalue weighted by Crippen LogP contribution is 2.53. The normalized spacial score (nSPS) is 30.8. The molecule has 8 N–H and O–H groups in total. The van der Waals surface area contributed by atoms with Crippen LogP contribution >= 0.6 is 0 Å². The monoisotopic (exact) mass is 1060 g/mol. The molecular weight excluding hydrogens is 985 g/mol. The number of Topliss-reactive ketones (excluding diaryl/α,β-unsaturated/α-hetero) is 2. The maximum Gasteiger partial charge on any atom is 0.173 e. The van der Waals surface area contributed by atoms with Crippen molar-refractivity contribution in [1.29, 1.82) is 0 Å². The van der Waals surface area contributed by atoms with Gasteiger partial charge in [0.25, 0.3) is 0 Å². The molecule has 4 aliphatic carbocycles. The number of hydrogen-bond donors (Lipinski definition) is 8. The maximum absolute atomic E-state index is 15.4. The fourth-order valence-electron chi connectivity index (χ4n) is 14.6. The van der Waals surface area contributed by atoms with Crippen LogP contribution < -0.4 is 20.7 Å². The number of carbonyl (C=O) groups is 2. The Balaban J connectivity index is 1.05. The number of aliphatic hydroxyl groups is 3. The van der Waals surface area contributed by atoms with E-state index in [1.54, 1.807) is 12.1 Å². The number of dihydropyridines is 1. The highest BCUT2D eigenvalue weighted by Gasteiger charge is 2.53. The molecule has 2 fully saturated rings. The highest BCUT2D eigenvalue weighted by atomic mass is 16.5. The zero-order chi connectivity index (χ0) is 54.6. The summed E-state index contributed by atoms with van der Waals surface area (Å²) < 4.78 is 5.56. The Morgan fingerprint density at radius 3 is 2.51 bits per heavy atom. The predicted octanol–water partition coefficient (Wildman–Crippen LogP) is 10.3. The van der Waals surface area contributed by atoms with Gasteiger partial charge in [-0.2, -0.15) is 0 Å². The van der Waals surface area contributed by atoms with Crippen LogP contribution in [-0.4, -0.2) is 82.0 Å². The van der Waals surface area contributed by atoms with Crippen molar-refractivity contribution >= 4 is 28.0 Å². The molecule has 0 amide bonds. The van der Waals surface area contributed by atoms with E-state index < -0.39 is 53.0 Å². The molecule has 4 aromatic carbocycles. The number of nitrogens with one attached hydrogen (secondary N) is 4. The Labute approximate surface area is 466 Å². The summed E-state index contributed by atoms with van der Waals surface area (Å²) >= 11 is 0. The maximum atomic E-state index is 15.4. The fourth-order valence-corrected chi connectivity index (χ4v) is 14.6. The van der Waals surface area contributed by atoms with Gasteiger partial charge < -0.3 is 46.1 Å². The van der Waals surface area contributed by atoms with Gasteiger partial charge in [0, 0.05) is 67.8 Å². The number of carbonyl (C=O) groups excluding carboxylic acids is 2. The van der Waals surface area contributed by atoms with Crippen molar-refractivity contribution in [3.8, 4) is 35.2 Å². The van der Waals surface area contributed by atoms with Crippen LogP contribution in [0.2, 0.25) is 0 Å². The van der Waals surface area contributed by atoms with Gasteiger partial charge in [-0.15, -0.1) is 5.92 Å². The second kappa shape index (κ2) is 24.0. The van der Waals surface area contributed by atoms with E-state index >= 15 is 4.79 Å². The number of ether oxygens (including phenoxy) is 1. The van der Waals surface area contributed by atoms with Gasteiger partial charge in [0.15, 0.2) is 29.2 Å². The average molecular weight is 1060 g/mol. The summed E-state index contributed by atoms with van der Waals surface area (Å²) in [5.41, 5.74) is 7.03. The molecule has 2 aliphatic heterocycles. The van der Waals surface area contributed by atoms with E-state index in [1.165, 1.54) is 7.11 Å². The summed E-state index contributed by atoms with van der Waals surface area (Å²) in [7, 11) is 1.49. The third kappa shape index (κ3) is 11.7. The molecule has 0 saturated heterocycles. The lowest BCUT2D eigenvalue weighted by Crippen LogP contribution is -2.53. The third-order valence-electron chi connectivity index (χ3n) is 18.8. The first kappa shape index (κ1) is 54.4. The van der Waals surface area contributed by atoms with Crippen LogP contribution in [0.5, 0.6) is 11.5 Å². The molecule has 5 aromatic rings. The number of rotatable bonds is 2. The Bertz CT molecular complexity index is 3230. The average Bonchev–Trinajstić information content (AvgIpc) is 4.06. The third-order valence-corrected chi connectivity index (χ3v) is 18.8. The quantitative estimate of drug-likeness (QED) is 0.0628. The number of aryl methyl sites for hydroxylation is 1. The summed E-state index contributed by atoms with van der Waals surface area (Å²) in [5, 5.41) is 61.6. The lowest BCUT2D eigenvalue weighted by atomic mass is 9.56. The number of aromatic nitrogens is 1. The Morgan fingerprint density at radius 1 is 0.797 bits per heavy atom. The summed E-state index contributed by atoms with van der Waals surface area (Å²) in [6.07, 6.45) is 13.2. The number of phenols is 1. The van der Waals surface area contributed by atoms with Crippen molar-refractivity contribution in [2.45, 2.75) is 139 Å². The van der Waals surface area contributed by atoms with Crippen LogP contribution in [0.25, 0.3) is 10.8 Å². The summed E-state index contributed by atoms with van der Waals surface area (Å²) in [4.78, 5) is 33.5. The molecule has 6 aliphatic rings. The van der Waals surface area contributed by atoms with Gasteiger partial charge in [0.2, 0.25) is 0 Å². The van der Waals surface area contributed by atoms with Gasteiger partial charge in [-0.05, 0) is 168 Å². The SMILES string of the molecule is COc1cc2c(cc1O)[C@H](c1ccccc1)C#C[C@@H]1C[C@@H]3CC4=CCNC(=C4)Nc4ccc5ccc(cc5c4)C[C@@H](O)CNC[C@H](C)c4c[nH]c(c4)[C@]45CCCC[C@H]4C#CCCCC[C@@H]([C@@H](C3)C[C@@H]1C(=O)[C@H](O)C(=O)CC2)[C@@H]5O. The zero-order valence-corrected chi connectivity index (χ0v) is 45.9. The van der Waals surface area contributed by atoms with Crippen LogP contribution in [0.4, 0.5) is 5.69 Å². The molecule has 1 spiro atoms. The smallest absolute Gasteiger partial charge is 0.173 e. The van der Waals surface area contributed by atoms with Crippen molar-refractivity contribution in [3.63, 3.8) is 0 Å². The van der Waals surface area contributed by atoms with Crippen molar-refractivity contribution in [2.75, 3.05) is 32.1 Å². The predicted molar refractivity (Wildman–Crippen MR) is 310 cm³/mol. The first-order valence-electron chi connectivity index (χ1n) is 29.3. The van der Waals surface area contributed by atoms with Crippen molar-refractivity contribution in [3.05, 3.63) is 148 Å². The van der Waals surface area contributed by atoms with Crippen LogP contribution in [0, 0.1) is 59.2 Å². The summed E-state index contributed by atoms with van der Waals surface area (Å²) in [6.45, 7) is 3.93. The molecule has 11 bridgehead atoms. The number of hydrogen-bond acceptors (Lipinski definition) is 10. The topological polar surface area (TPSA) is 176 Å². The fraction of sp³-hybridized carbons (Fsp3) is 0.471. The van der Waals surface area contributed by atoms with E-state index in [-0.39, 0.29) is 53.9 Å². The number of methoxy groups -OCH3 is 1. The molecule has 0 unspecified atom stereocenters. The molecule has 3 heterocycles. The first-order chi connectivity index (χ1) is 38.4. The minimum atomic E-state index is -1.84. The Kier molecular flexibility index (Phi) is 16.5. The number of aliphatic hydroxyl groups excluding tert-OH is 3. The lowest BCUT2D eigenvalue weighted by molar-refractivity contribution is -0.142. The molecule has 0 radical (unpaired) electrons. The number of aromatic hydroxyl groups is 1. The van der Waals surface area contributed by atoms with E-state index in [9.17, 15) is 25.2 Å². The molecule has 11 heteroatoms. The van der Waals surface area contributed by atoms with E-state index in [0.717, 1.165) is 119 Å². The number of benzene rings is 4. The molecule has 412 valence electrons.